The standard InChI is InChI=1S/C22H39BN2O4Si/c1-11-21(26)14-22(15-21,29-30(9,10)18(2,3)4)17-24-12-16(13-25-17)23-27-19(5,6)20(7,8)28-23/h12-13,26H,11,14-15H2,1-10H3. The minimum Gasteiger partial charge on any atom is -0.404 e. The average molecular weight is 434 g/mol. The smallest absolute Gasteiger partial charge is 0.404 e. The van der Waals surface area contributed by atoms with Crippen molar-refractivity contribution in [2.24, 2.45) is 0 Å². The number of hydrogen-bond donors (Lipinski definition) is 1. The number of rotatable bonds is 5. The molecule has 0 spiro atoms. The highest BCUT2D eigenvalue weighted by Gasteiger charge is 2.60. The van der Waals surface area contributed by atoms with Gasteiger partial charge in [0, 0.05) is 30.7 Å². The van der Waals surface area contributed by atoms with E-state index in [1.54, 1.807) is 12.4 Å². The van der Waals surface area contributed by atoms with Gasteiger partial charge in [-0.2, -0.15) is 0 Å². The van der Waals surface area contributed by atoms with Crippen molar-refractivity contribution in [2.45, 2.75) is 115 Å². The molecule has 2 fully saturated rings. The van der Waals surface area contributed by atoms with Crippen LogP contribution in [0.1, 0.15) is 80.5 Å². The second kappa shape index (κ2) is 7.10. The largest absolute Gasteiger partial charge is 0.498 e. The SMILES string of the molecule is CCC1(O)CC(O[Si](C)(C)C(C)(C)C)(c2ncc(B3OC(C)(C)C(C)(C)O3)cn2)C1. The molecule has 2 heterocycles. The molecule has 0 unspecified atom stereocenters. The summed E-state index contributed by atoms with van der Waals surface area (Å²) in [7, 11) is -2.58. The lowest BCUT2D eigenvalue weighted by Crippen LogP contribution is -2.61. The maximum atomic E-state index is 10.8. The summed E-state index contributed by atoms with van der Waals surface area (Å²) in [6, 6.07) is 0. The molecule has 6 nitrogen and oxygen atoms in total. The van der Waals surface area contributed by atoms with Crippen LogP contribution in [0.4, 0.5) is 0 Å². The predicted octanol–water partition coefficient (Wildman–Crippen LogP) is 3.93. The van der Waals surface area contributed by atoms with Gasteiger partial charge in [0.1, 0.15) is 5.60 Å². The van der Waals surface area contributed by atoms with E-state index in [0.717, 1.165) is 5.46 Å². The van der Waals surface area contributed by atoms with Crippen molar-refractivity contribution in [3.05, 3.63) is 18.2 Å². The Morgan fingerprint density at radius 1 is 1.07 bits per heavy atom. The van der Waals surface area contributed by atoms with E-state index in [1.807, 2.05) is 34.6 Å². The van der Waals surface area contributed by atoms with Gasteiger partial charge in [0.15, 0.2) is 14.1 Å². The fourth-order valence-corrected chi connectivity index (χ4v) is 5.37. The van der Waals surface area contributed by atoms with Crippen LogP contribution in [0.5, 0.6) is 0 Å². The minimum absolute atomic E-state index is 0.0581. The summed E-state index contributed by atoms with van der Waals surface area (Å²) in [6.07, 6.45) is 5.31. The van der Waals surface area contributed by atoms with E-state index in [4.69, 9.17) is 23.7 Å². The molecular formula is C22H39BN2O4Si. The van der Waals surface area contributed by atoms with Crippen molar-refractivity contribution in [1.82, 2.24) is 9.97 Å². The van der Waals surface area contributed by atoms with Crippen molar-refractivity contribution >= 4 is 20.9 Å². The van der Waals surface area contributed by atoms with Gasteiger partial charge in [-0.1, -0.05) is 27.7 Å². The third-order valence-electron chi connectivity index (χ3n) is 7.75. The molecule has 1 aliphatic heterocycles. The van der Waals surface area contributed by atoms with Gasteiger partial charge in [0.25, 0.3) is 0 Å². The third-order valence-corrected chi connectivity index (χ3v) is 12.3. The Labute approximate surface area is 183 Å². The Kier molecular flexibility index (Phi) is 5.65. The molecule has 1 saturated carbocycles. The zero-order chi connectivity index (χ0) is 22.8. The van der Waals surface area contributed by atoms with Gasteiger partial charge in [-0.15, -0.1) is 0 Å². The first-order valence-electron chi connectivity index (χ1n) is 11.1. The summed E-state index contributed by atoms with van der Waals surface area (Å²) >= 11 is 0. The van der Waals surface area contributed by atoms with Crippen molar-refractivity contribution < 1.29 is 18.8 Å². The summed E-state index contributed by atoms with van der Waals surface area (Å²) < 4.78 is 19.1. The van der Waals surface area contributed by atoms with Crippen molar-refractivity contribution in [2.75, 3.05) is 0 Å². The first-order chi connectivity index (χ1) is 13.5. The van der Waals surface area contributed by atoms with Crippen LogP contribution in [0.25, 0.3) is 0 Å². The van der Waals surface area contributed by atoms with E-state index in [-0.39, 0.29) is 5.04 Å². The highest BCUT2D eigenvalue weighted by Crippen LogP contribution is 2.55. The van der Waals surface area contributed by atoms with Crippen LogP contribution in [0.15, 0.2) is 12.4 Å². The molecule has 0 atom stereocenters. The summed E-state index contributed by atoms with van der Waals surface area (Å²) in [4.78, 5) is 9.39. The molecule has 8 heteroatoms. The van der Waals surface area contributed by atoms with Crippen molar-refractivity contribution in [3.8, 4) is 0 Å². The van der Waals surface area contributed by atoms with Crippen LogP contribution in [0.2, 0.25) is 18.1 Å². The molecular weight excluding hydrogens is 395 g/mol. The molecule has 3 rings (SSSR count). The Hall–Kier alpha value is -0.798. The number of hydrogen-bond acceptors (Lipinski definition) is 6. The van der Waals surface area contributed by atoms with Gasteiger partial charge in [0.05, 0.1) is 16.8 Å². The average Bonchev–Trinajstić information content (AvgIpc) is 2.79. The van der Waals surface area contributed by atoms with E-state index >= 15 is 0 Å². The summed E-state index contributed by atoms with van der Waals surface area (Å²) in [5, 5.41) is 10.9. The van der Waals surface area contributed by atoms with Gasteiger partial charge < -0.3 is 18.8 Å². The van der Waals surface area contributed by atoms with E-state index in [1.165, 1.54) is 0 Å². The van der Waals surface area contributed by atoms with Gasteiger partial charge in [-0.25, -0.2) is 9.97 Å². The van der Waals surface area contributed by atoms with E-state index in [0.29, 0.717) is 25.1 Å². The number of aromatic nitrogens is 2. The second-order valence-corrected chi connectivity index (χ2v) is 16.4. The highest BCUT2D eigenvalue weighted by molar-refractivity contribution is 6.74. The van der Waals surface area contributed by atoms with Crippen LogP contribution in [-0.2, 0) is 19.3 Å². The van der Waals surface area contributed by atoms with Gasteiger partial charge in [-0.3, -0.25) is 0 Å². The molecule has 1 N–H and O–H groups in total. The van der Waals surface area contributed by atoms with Crippen molar-refractivity contribution in [3.63, 3.8) is 0 Å². The molecule has 1 aromatic heterocycles. The Balaban J connectivity index is 1.88. The summed E-state index contributed by atoms with van der Waals surface area (Å²) in [5.41, 5.74) is -1.37. The fraction of sp³-hybridized carbons (Fsp3) is 0.818. The third kappa shape index (κ3) is 4.01. The van der Waals surface area contributed by atoms with Gasteiger partial charge >= 0.3 is 7.12 Å². The molecule has 0 amide bonds. The topological polar surface area (TPSA) is 73.7 Å². The lowest BCUT2D eigenvalue weighted by molar-refractivity contribution is -0.182. The quantitative estimate of drug-likeness (QED) is 0.708. The molecule has 0 bridgehead atoms. The molecule has 1 saturated heterocycles. The van der Waals surface area contributed by atoms with Crippen LogP contribution in [-0.4, -0.2) is 47.3 Å². The Morgan fingerprint density at radius 3 is 1.93 bits per heavy atom. The monoisotopic (exact) mass is 434 g/mol. The first-order valence-corrected chi connectivity index (χ1v) is 14.0. The maximum Gasteiger partial charge on any atom is 0.498 e. The maximum absolute atomic E-state index is 10.8. The van der Waals surface area contributed by atoms with Crippen LogP contribution < -0.4 is 5.46 Å². The van der Waals surface area contributed by atoms with Crippen molar-refractivity contribution in [1.29, 1.82) is 0 Å². The molecule has 30 heavy (non-hydrogen) atoms. The molecule has 2 aliphatic rings. The molecule has 1 aliphatic carbocycles. The van der Waals surface area contributed by atoms with E-state index in [9.17, 15) is 5.11 Å². The fourth-order valence-electron chi connectivity index (χ4n) is 3.85. The zero-order valence-electron chi connectivity index (χ0n) is 20.4. The highest BCUT2D eigenvalue weighted by atomic mass is 28.4. The normalized spacial score (nSPS) is 31.0. The number of aliphatic hydroxyl groups is 1. The van der Waals surface area contributed by atoms with Crippen LogP contribution >= 0.6 is 0 Å². The number of nitrogens with zero attached hydrogens (tertiary/aromatic N) is 2. The van der Waals surface area contributed by atoms with E-state index < -0.39 is 37.8 Å². The zero-order valence-corrected chi connectivity index (χ0v) is 21.4. The first kappa shape index (κ1) is 23.9. The summed E-state index contributed by atoms with van der Waals surface area (Å²) in [6.45, 7) is 21.3. The molecule has 1 aromatic rings. The lowest BCUT2D eigenvalue weighted by Gasteiger charge is -2.56. The molecule has 168 valence electrons. The summed E-state index contributed by atoms with van der Waals surface area (Å²) in [5.74, 6) is 0.644. The predicted molar refractivity (Wildman–Crippen MR) is 122 cm³/mol. The Bertz CT molecular complexity index is 767. The molecule has 0 radical (unpaired) electrons. The van der Waals surface area contributed by atoms with Gasteiger partial charge in [0.2, 0.25) is 0 Å². The lowest BCUT2D eigenvalue weighted by atomic mass is 9.65. The van der Waals surface area contributed by atoms with E-state index in [2.05, 4.69) is 33.9 Å². The molecule has 0 aromatic carbocycles. The second-order valence-electron chi connectivity index (χ2n) is 11.7. The van der Waals surface area contributed by atoms with Gasteiger partial charge in [-0.05, 0) is 52.2 Å². The van der Waals surface area contributed by atoms with Crippen LogP contribution in [0, 0.1) is 0 Å². The Morgan fingerprint density at radius 2 is 1.53 bits per heavy atom. The van der Waals surface area contributed by atoms with Crippen LogP contribution in [0.3, 0.4) is 0 Å². The minimum atomic E-state index is -2.09.